The second-order valence-corrected chi connectivity index (χ2v) is 4.72. The van der Waals surface area contributed by atoms with E-state index in [1.165, 1.54) is 0 Å². The highest BCUT2D eigenvalue weighted by atomic mass is 16.4. The van der Waals surface area contributed by atoms with Crippen molar-refractivity contribution in [2.75, 3.05) is 19.6 Å². The van der Waals surface area contributed by atoms with Gasteiger partial charge in [0, 0.05) is 19.6 Å². The van der Waals surface area contributed by atoms with Gasteiger partial charge in [-0.2, -0.15) is 0 Å². The van der Waals surface area contributed by atoms with Crippen molar-refractivity contribution < 1.29 is 14.7 Å². The summed E-state index contributed by atoms with van der Waals surface area (Å²) >= 11 is 0. The lowest BCUT2D eigenvalue weighted by atomic mass is 9.84. The fraction of sp³-hybridized carbons (Fsp3) is 0.833. The second-order valence-electron chi connectivity index (χ2n) is 4.72. The number of rotatable bonds is 6. The van der Waals surface area contributed by atoms with Crippen LogP contribution in [0, 0.1) is 5.41 Å². The quantitative estimate of drug-likeness (QED) is 0.722. The van der Waals surface area contributed by atoms with Crippen LogP contribution in [0.1, 0.15) is 39.0 Å². The molecule has 98 valence electrons. The van der Waals surface area contributed by atoms with Crippen LogP contribution in [-0.2, 0) is 9.59 Å². The molecule has 0 radical (unpaired) electrons. The summed E-state index contributed by atoms with van der Waals surface area (Å²) in [6.07, 6.45) is 3.76. The van der Waals surface area contributed by atoms with Crippen LogP contribution in [0.15, 0.2) is 0 Å². The van der Waals surface area contributed by atoms with Crippen molar-refractivity contribution in [2.45, 2.75) is 39.0 Å². The Morgan fingerprint density at radius 1 is 1.35 bits per heavy atom. The minimum Gasteiger partial charge on any atom is -0.481 e. The number of nitrogens with two attached hydrogens (primary N) is 1. The monoisotopic (exact) mass is 242 g/mol. The second kappa shape index (κ2) is 6.00. The number of carbonyl (C=O) groups is 2. The molecule has 5 nitrogen and oxygen atoms in total. The van der Waals surface area contributed by atoms with E-state index < -0.39 is 11.4 Å². The number of nitrogens with zero attached hydrogens (tertiary/aromatic N) is 1. The third-order valence-corrected chi connectivity index (χ3v) is 3.67. The van der Waals surface area contributed by atoms with E-state index in [0.717, 1.165) is 25.7 Å². The molecule has 5 heteroatoms. The highest BCUT2D eigenvalue weighted by Gasteiger charge is 2.41. The molecule has 0 unspecified atom stereocenters. The van der Waals surface area contributed by atoms with E-state index in [1.54, 1.807) is 4.90 Å². The zero-order valence-corrected chi connectivity index (χ0v) is 10.4. The lowest BCUT2D eigenvalue weighted by molar-refractivity contribution is -0.143. The zero-order chi connectivity index (χ0) is 12.9. The zero-order valence-electron chi connectivity index (χ0n) is 10.4. The molecule has 1 aliphatic carbocycles. The Balaban J connectivity index is 2.66. The van der Waals surface area contributed by atoms with Crippen LogP contribution >= 0.6 is 0 Å². The predicted molar refractivity (Wildman–Crippen MR) is 64.5 cm³/mol. The van der Waals surface area contributed by atoms with Gasteiger partial charge in [-0.05, 0) is 19.8 Å². The molecule has 0 aromatic heterocycles. The van der Waals surface area contributed by atoms with Crippen LogP contribution in [0.3, 0.4) is 0 Å². The molecule has 1 amide bonds. The first kappa shape index (κ1) is 14.0. The first-order chi connectivity index (χ1) is 8.05. The summed E-state index contributed by atoms with van der Waals surface area (Å²) in [4.78, 5) is 24.6. The average Bonchev–Trinajstić information content (AvgIpc) is 2.79. The summed E-state index contributed by atoms with van der Waals surface area (Å²) in [5, 5.41) is 8.66. The minimum absolute atomic E-state index is 0.000230. The number of amides is 1. The van der Waals surface area contributed by atoms with E-state index in [-0.39, 0.29) is 18.9 Å². The third-order valence-electron chi connectivity index (χ3n) is 3.67. The largest absolute Gasteiger partial charge is 0.481 e. The third kappa shape index (κ3) is 3.19. The van der Waals surface area contributed by atoms with Crippen molar-refractivity contribution in [1.82, 2.24) is 4.90 Å². The molecule has 1 aliphatic rings. The molecule has 1 rings (SSSR count). The summed E-state index contributed by atoms with van der Waals surface area (Å²) in [6.45, 7) is 3.08. The number of hydrogen-bond acceptors (Lipinski definition) is 3. The molecule has 0 bridgehead atoms. The molecule has 1 saturated carbocycles. The smallest absolute Gasteiger partial charge is 0.305 e. The maximum absolute atomic E-state index is 12.4. The SMILES string of the molecule is CCN(CCC(=O)O)C(=O)C1(CN)CCCC1. The summed E-state index contributed by atoms with van der Waals surface area (Å²) in [6, 6.07) is 0. The van der Waals surface area contributed by atoms with Crippen LogP contribution in [0.4, 0.5) is 0 Å². The maximum atomic E-state index is 12.4. The van der Waals surface area contributed by atoms with Crippen molar-refractivity contribution >= 4 is 11.9 Å². The Kier molecular flexibility index (Phi) is 4.93. The lowest BCUT2D eigenvalue weighted by Gasteiger charge is -2.32. The lowest BCUT2D eigenvalue weighted by Crippen LogP contribution is -2.47. The van der Waals surface area contributed by atoms with Crippen LogP contribution in [-0.4, -0.2) is 41.5 Å². The predicted octanol–water partition coefficient (Wildman–Crippen LogP) is 0.829. The van der Waals surface area contributed by atoms with Crippen molar-refractivity contribution in [2.24, 2.45) is 11.1 Å². The van der Waals surface area contributed by atoms with Crippen molar-refractivity contribution in [3.63, 3.8) is 0 Å². The van der Waals surface area contributed by atoms with Crippen LogP contribution < -0.4 is 5.73 Å². The molecule has 0 heterocycles. The van der Waals surface area contributed by atoms with E-state index in [0.29, 0.717) is 13.1 Å². The van der Waals surface area contributed by atoms with Gasteiger partial charge in [0.25, 0.3) is 0 Å². The van der Waals surface area contributed by atoms with Crippen LogP contribution in [0.5, 0.6) is 0 Å². The molecule has 0 aromatic carbocycles. The number of aliphatic carboxylic acids is 1. The number of carboxylic acid groups (broad SMARTS) is 1. The molecule has 0 aromatic rings. The molecule has 17 heavy (non-hydrogen) atoms. The van der Waals surface area contributed by atoms with Crippen LogP contribution in [0.2, 0.25) is 0 Å². The Bertz CT molecular complexity index is 285. The molecule has 3 N–H and O–H groups in total. The van der Waals surface area contributed by atoms with Gasteiger partial charge < -0.3 is 15.7 Å². The highest BCUT2D eigenvalue weighted by molar-refractivity contribution is 5.83. The van der Waals surface area contributed by atoms with E-state index in [9.17, 15) is 9.59 Å². The summed E-state index contributed by atoms with van der Waals surface area (Å²) in [7, 11) is 0. The van der Waals surface area contributed by atoms with Gasteiger partial charge in [0.1, 0.15) is 0 Å². The fourth-order valence-corrected chi connectivity index (χ4v) is 2.53. The molecule has 0 atom stereocenters. The number of carboxylic acids is 1. The Morgan fingerprint density at radius 2 is 1.94 bits per heavy atom. The van der Waals surface area contributed by atoms with Gasteiger partial charge in [-0.1, -0.05) is 12.8 Å². The summed E-state index contributed by atoms with van der Waals surface area (Å²) in [5.41, 5.74) is 5.33. The maximum Gasteiger partial charge on any atom is 0.305 e. The van der Waals surface area contributed by atoms with Gasteiger partial charge in [-0.3, -0.25) is 9.59 Å². The van der Waals surface area contributed by atoms with Gasteiger partial charge in [0.2, 0.25) is 5.91 Å². The Hall–Kier alpha value is -1.10. The van der Waals surface area contributed by atoms with Crippen molar-refractivity contribution in [3.8, 4) is 0 Å². The van der Waals surface area contributed by atoms with E-state index in [2.05, 4.69) is 0 Å². The first-order valence-electron chi connectivity index (χ1n) is 6.27. The van der Waals surface area contributed by atoms with Gasteiger partial charge >= 0.3 is 5.97 Å². The topological polar surface area (TPSA) is 83.6 Å². The molecule has 1 fully saturated rings. The Labute approximate surface area is 102 Å². The number of hydrogen-bond donors (Lipinski definition) is 2. The van der Waals surface area contributed by atoms with Crippen molar-refractivity contribution in [1.29, 1.82) is 0 Å². The van der Waals surface area contributed by atoms with Gasteiger partial charge in [-0.15, -0.1) is 0 Å². The molecular weight excluding hydrogens is 220 g/mol. The van der Waals surface area contributed by atoms with E-state index in [1.807, 2.05) is 6.92 Å². The average molecular weight is 242 g/mol. The summed E-state index contributed by atoms with van der Waals surface area (Å²) < 4.78 is 0. The van der Waals surface area contributed by atoms with E-state index in [4.69, 9.17) is 10.8 Å². The normalized spacial score (nSPS) is 18.0. The standard InChI is InChI=1S/C12H22N2O3/c1-2-14(8-5-10(15)16)11(17)12(9-13)6-3-4-7-12/h2-9,13H2,1H3,(H,15,16). The van der Waals surface area contributed by atoms with Gasteiger partial charge in [0.05, 0.1) is 11.8 Å². The van der Waals surface area contributed by atoms with E-state index >= 15 is 0 Å². The molecule has 0 saturated heterocycles. The number of carbonyl (C=O) groups excluding carboxylic acids is 1. The highest BCUT2D eigenvalue weighted by Crippen LogP contribution is 2.38. The molecule has 0 aliphatic heterocycles. The van der Waals surface area contributed by atoms with Gasteiger partial charge in [-0.25, -0.2) is 0 Å². The van der Waals surface area contributed by atoms with Crippen molar-refractivity contribution in [3.05, 3.63) is 0 Å². The van der Waals surface area contributed by atoms with Crippen LogP contribution in [0.25, 0.3) is 0 Å². The Morgan fingerprint density at radius 3 is 2.35 bits per heavy atom. The first-order valence-corrected chi connectivity index (χ1v) is 6.27. The van der Waals surface area contributed by atoms with Gasteiger partial charge in [0.15, 0.2) is 0 Å². The fourth-order valence-electron chi connectivity index (χ4n) is 2.53. The molecular formula is C12H22N2O3. The summed E-state index contributed by atoms with van der Waals surface area (Å²) in [5.74, 6) is -0.828. The molecule has 0 spiro atoms. The minimum atomic E-state index is -0.871.